The SMILES string of the molecule is CC#CCCNC1CCN(C(C)C)C1. The number of hydrogen-bond donors (Lipinski definition) is 1. The molecule has 14 heavy (non-hydrogen) atoms. The van der Waals surface area contributed by atoms with Crippen LogP contribution >= 0.6 is 0 Å². The Kier molecular flexibility index (Phi) is 5.00. The number of hydrogen-bond acceptors (Lipinski definition) is 2. The van der Waals surface area contributed by atoms with Crippen LogP contribution in [0.15, 0.2) is 0 Å². The van der Waals surface area contributed by atoms with Crippen LogP contribution in [0.25, 0.3) is 0 Å². The van der Waals surface area contributed by atoms with Crippen molar-refractivity contribution in [2.45, 2.75) is 45.7 Å². The van der Waals surface area contributed by atoms with Gasteiger partial charge in [0, 0.05) is 31.6 Å². The highest BCUT2D eigenvalue weighted by atomic mass is 15.2. The fraction of sp³-hybridized carbons (Fsp3) is 0.833. The fourth-order valence-corrected chi connectivity index (χ4v) is 1.89. The smallest absolute Gasteiger partial charge is 0.0214 e. The number of nitrogens with one attached hydrogen (secondary N) is 1. The number of rotatable bonds is 4. The molecule has 0 aromatic rings. The lowest BCUT2D eigenvalue weighted by Crippen LogP contribution is -2.35. The molecule has 0 amide bonds. The van der Waals surface area contributed by atoms with Gasteiger partial charge in [0.2, 0.25) is 0 Å². The van der Waals surface area contributed by atoms with Gasteiger partial charge in [0.1, 0.15) is 0 Å². The molecular weight excluding hydrogens is 172 g/mol. The Labute approximate surface area is 88.1 Å². The van der Waals surface area contributed by atoms with Gasteiger partial charge in [-0.05, 0) is 33.7 Å². The van der Waals surface area contributed by atoms with Crippen molar-refractivity contribution in [2.24, 2.45) is 0 Å². The van der Waals surface area contributed by atoms with E-state index in [-0.39, 0.29) is 0 Å². The van der Waals surface area contributed by atoms with Gasteiger partial charge in [-0.1, -0.05) is 0 Å². The molecule has 0 aromatic heterocycles. The Morgan fingerprint density at radius 3 is 2.86 bits per heavy atom. The summed E-state index contributed by atoms with van der Waals surface area (Å²) in [5, 5.41) is 3.56. The molecule has 1 fully saturated rings. The topological polar surface area (TPSA) is 15.3 Å². The van der Waals surface area contributed by atoms with Crippen LogP contribution in [-0.4, -0.2) is 36.6 Å². The molecule has 1 rings (SSSR count). The summed E-state index contributed by atoms with van der Waals surface area (Å²) in [4.78, 5) is 2.53. The van der Waals surface area contributed by atoms with E-state index in [0.717, 1.165) is 13.0 Å². The summed E-state index contributed by atoms with van der Waals surface area (Å²) in [6, 6.07) is 1.38. The van der Waals surface area contributed by atoms with E-state index in [1.54, 1.807) is 0 Å². The van der Waals surface area contributed by atoms with Gasteiger partial charge in [-0.3, -0.25) is 4.90 Å². The van der Waals surface area contributed by atoms with Crippen molar-refractivity contribution in [3.05, 3.63) is 0 Å². The summed E-state index contributed by atoms with van der Waals surface area (Å²) in [6.07, 6.45) is 2.27. The van der Waals surface area contributed by atoms with Crippen LogP contribution in [0.5, 0.6) is 0 Å². The summed E-state index contributed by atoms with van der Waals surface area (Å²) in [6.45, 7) is 9.93. The lowest BCUT2D eigenvalue weighted by atomic mass is 10.2. The van der Waals surface area contributed by atoms with Gasteiger partial charge >= 0.3 is 0 Å². The first kappa shape index (κ1) is 11.6. The normalized spacial score (nSPS) is 22.4. The van der Waals surface area contributed by atoms with Crippen molar-refractivity contribution in [3.63, 3.8) is 0 Å². The van der Waals surface area contributed by atoms with Crippen LogP contribution in [0.3, 0.4) is 0 Å². The van der Waals surface area contributed by atoms with Crippen LogP contribution < -0.4 is 5.32 Å². The second kappa shape index (κ2) is 6.06. The molecule has 1 heterocycles. The van der Waals surface area contributed by atoms with Gasteiger partial charge in [0.25, 0.3) is 0 Å². The van der Waals surface area contributed by atoms with Crippen LogP contribution in [0.4, 0.5) is 0 Å². The van der Waals surface area contributed by atoms with Crippen LogP contribution in [0.1, 0.15) is 33.6 Å². The summed E-state index contributed by atoms with van der Waals surface area (Å²) in [5.41, 5.74) is 0. The van der Waals surface area contributed by atoms with E-state index < -0.39 is 0 Å². The minimum Gasteiger partial charge on any atom is -0.312 e. The summed E-state index contributed by atoms with van der Waals surface area (Å²) < 4.78 is 0. The third kappa shape index (κ3) is 3.69. The second-order valence-electron chi connectivity index (χ2n) is 4.21. The summed E-state index contributed by atoms with van der Waals surface area (Å²) in [5.74, 6) is 6.00. The quantitative estimate of drug-likeness (QED) is 0.538. The first-order valence-electron chi connectivity index (χ1n) is 5.61. The maximum Gasteiger partial charge on any atom is 0.0214 e. The van der Waals surface area contributed by atoms with Gasteiger partial charge in [-0.25, -0.2) is 0 Å². The highest BCUT2D eigenvalue weighted by Gasteiger charge is 2.22. The molecule has 0 aromatic carbocycles. The van der Waals surface area contributed by atoms with Crippen molar-refractivity contribution >= 4 is 0 Å². The van der Waals surface area contributed by atoms with E-state index in [1.165, 1.54) is 19.5 Å². The first-order chi connectivity index (χ1) is 6.74. The van der Waals surface area contributed by atoms with E-state index in [1.807, 2.05) is 6.92 Å². The molecule has 2 nitrogen and oxygen atoms in total. The van der Waals surface area contributed by atoms with Crippen LogP contribution in [0, 0.1) is 11.8 Å². The van der Waals surface area contributed by atoms with E-state index in [2.05, 4.69) is 35.9 Å². The lowest BCUT2D eigenvalue weighted by molar-refractivity contribution is 0.268. The molecule has 0 spiro atoms. The number of nitrogens with zero attached hydrogens (tertiary/aromatic N) is 1. The standard InChI is InChI=1S/C12H22N2/c1-4-5-6-8-13-12-7-9-14(10-12)11(2)3/h11-13H,6-10H2,1-3H3. The Bertz CT molecular complexity index is 212. The van der Waals surface area contributed by atoms with Gasteiger partial charge < -0.3 is 5.32 Å². The van der Waals surface area contributed by atoms with Crippen molar-refractivity contribution in [1.29, 1.82) is 0 Å². The Hall–Kier alpha value is -0.520. The maximum absolute atomic E-state index is 3.56. The predicted molar refractivity (Wildman–Crippen MR) is 61.2 cm³/mol. The van der Waals surface area contributed by atoms with E-state index in [0.29, 0.717) is 12.1 Å². The molecule has 1 N–H and O–H groups in total. The minimum absolute atomic E-state index is 0.691. The zero-order valence-corrected chi connectivity index (χ0v) is 9.64. The second-order valence-corrected chi connectivity index (χ2v) is 4.21. The third-order valence-electron chi connectivity index (χ3n) is 2.81. The molecule has 1 aliphatic rings. The highest BCUT2D eigenvalue weighted by Crippen LogP contribution is 2.11. The van der Waals surface area contributed by atoms with Crippen molar-refractivity contribution in [3.8, 4) is 11.8 Å². The summed E-state index contributed by atoms with van der Waals surface area (Å²) in [7, 11) is 0. The van der Waals surface area contributed by atoms with Crippen LogP contribution in [-0.2, 0) is 0 Å². The van der Waals surface area contributed by atoms with E-state index in [4.69, 9.17) is 0 Å². The van der Waals surface area contributed by atoms with Gasteiger partial charge in [0.05, 0.1) is 0 Å². The largest absolute Gasteiger partial charge is 0.312 e. The average Bonchev–Trinajstić information content (AvgIpc) is 2.61. The molecule has 0 aliphatic carbocycles. The lowest BCUT2D eigenvalue weighted by Gasteiger charge is -2.20. The van der Waals surface area contributed by atoms with Crippen LogP contribution in [0.2, 0.25) is 0 Å². The highest BCUT2D eigenvalue weighted by molar-refractivity contribution is 4.95. The zero-order valence-electron chi connectivity index (χ0n) is 9.64. The van der Waals surface area contributed by atoms with Gasteiger partial charge in [0.15, 0.2) is 0 Å². The van der Waals surface area contributed by atoms with Gasteiger partial charge in [-0.15, -0.1) is 11.8 Å². The Balaban J connectivity index is 2.12. The van der Waals surface area contributed by atoms with Crippen molar-refractivity contribution < 1.29 is 0 Å². The predicted octanol–water partition coefficient (Wildman–Crippen LogP) is 1.47. The monoisotopic (exact) mass is 194 g/mol. The molecule has 0 saturated carbocycles. The molecule has 1 unspecified atom stereocenters. The average molecular weight is 194 g/mol. The first-order valence-corrected chi connectivity index (χ1v) is 5.61. The van der Waals surface area contributed by atoms with Gasteiger partial charge in [-0.2, -0.15) is 0 Å². The molecular formula is C12H22N2. The molecule has 0 bridgehead atoms. The maximum atomic E-state index is 3.56. The molecule has 1 atom stereocenters. The molecule has 1 saturated heterocycles. The molecule has 80 valence electrons. The van der Waals surface area contributed by atoms with Crippen molar-refractivity contribution in [1.82, 2.24) is 10.2 Å². The molecule has 2 heteroatoms. The zero-order chi connectivity index (χ0) is 10.4. The van der Waals surface area contributed by atoms with E-state index in [9.17, 15) is 0 Å². The van der Waals surface area contributed by atoms with Crippen molar-refractivity contribution in [2.75, 3.05) is 19.6 Å². The van der Waals surface area contributed by atoms with E-state index >= 15 is 0 Å². The minimum atomic E-state index is 0.691. The fourth-order valence-electron chi connectivity index (χ4n) is 1.89. The Morgan fingerprint density at radius 2 is 2.29 bits per heavy atom. The summed E-state index contributed by atoms with van der Waals surface area (Å²) >= 11 is 0. The third-order valence-corrected chi connectivity index (χ3v) is 2.81. The molecule has 0 radical (unpaired) electrons. The Morgan fingerprint density at radius 1 is 1.50 bits per heavy atom. The number of likely N-dealkylation sites (tertiary alicyclic amines) is 1. The molecule has 1 aliphatic heterocycles.